The number of pyridine rings is 1. The third-order valence-corrected chi connectivity index (χ3v) is 5.17. The first-order valence-corrected chi connectivity index (χ1v) is 9.98. The Balaban J connectivity index is 1.88. The number of aryl methyl sites for hydroxylation is 2. The number of nitrogens with zero attached hydrogens (tertiary/aromatic N) is 3. The number of rotatable bonds is 4. The third-order valence-electron chi connectivity index (χ3n) is 4.96. The number of aromatic nitrogens is 3. The summed E-state index contributed by atoms with van der Waals surface area (Å²) >= 11 is 5.72. The van der Waals surface area contributed by atoms with E-state index in [1.54, 1.807) is 39.2 Å². The second-order valence-corrected chi connectivity index (χ2v) is 7.71. The quantitative estimate of drug-likeness (QED) is 0.390. The largest absolute Gasteiger partial charge is 0.481 e. The third kappa shape index (κ3) is 4.01. The van der Waals surface area contributed by atoms with E-state index in [9.17, 15) is 9.18 Å². The molecule has 0 aliphatic heterocycles. The van der Waals surface area contributed by atoms with Gasteiger partial charge in [-0.05, 0) is 57.5 Å². The van der Waals surface area contributed by atoms with Crippen molar-refractivity contribution in [3.05, 3.63) is 80.5 Å². The van der Waals surface area contributed by atoms with Gasteiger partial charge in [-0.1, -0.05) is 11.6 Å². The second kappa shape index (κ2) is 8.07. The standard InChI is InChI=1S/C23H19ClFN3O3/c1-11-7-16(13(3)30-18-5-6-19(24)28-23(18)25)22-17(8-11)20(29)12(2)21(31-22)15-9-26-14(4)27-10-15/h5-10,13H,1-4H3/t13-/m1/s1. The summed E-state index contributed by atoms with van der Waals surface area (Å²) in [6.07, 6.45) is 2.59. The minimum absolute atomic E-state index is 0.0324. The fourth-order valence-corrected chi connectivity index (χ4v) is 3.53. The summed E-state index contributed by atoms with van der Waals surface area (Å²) in [5, 5.41) is 0.458. The van der Waals surface area contributed by atoms with Gasteiger partial charge in [-0.25, -0.2) is 15.0 Å². The summed E-state index contributed by atoms with van der Waals surface area (Å²) in [5.41, 5.74) is 2.72. The van der Waals surface area contributed by atoms with Crippen molar-refractivity contribution in [2.45, 2.75) is 33.8 Å². The lowest BCUT2D eigenvalue weighted by Crippen LogP contribution is -2.12. The smallest absolute Gasteiger partial charge is 0.256 e. The van der Waals surface area contributed by atoms with Gasteiger partial charge in [0.1, 0.15) is 28.4 Å². The number of hydrogen-bond donors (Lipinski definition) is 0. The molecule has 0 fully saturated rings. The van der Waals surface area contributed by atoms with Crippen LogP contribution in [-0.4, -0.2) is 15.0 Å². The van der Waals surface area contributed by atoms with Gasteiger partial charge < -0.3 is 9.15 Å². The lowest BCUT2D eigenvalue weighted by Gasteiger charge is -2.18. The molecule has 1 aromatic carbocycles. The highest BCUT2D eigenvalue weighted by atomic mass is 35.5. The molecule has 0 spiro atoms. The Bertz CT molecular complexity index is 1350. The molecule has 6 nitrogen and oxygen atoms in total. The van der Waals surface area contributed by atoms with Crippen LogP contribution in [0.25, 0.3) is 22.3 Å². The molecule has 0 unspecified atom stereocenters. The van der Waals surface area contributed by atoms with Crippen molar-refractivity contribution in [1.29, 1.82) is 0 Å². The van der Waals surface area contributed by atoms with Crippen LogP contribution in [0.4, 0.5) is 4.39 Å². The van der Waals surface area contributed by atoms with Crippen LogP contribution >= 0.6 is 11.6 Å². The van der Waals surface area contributed by atoms with Crippen LogP contribution in [0.5, 0.6) is 5.75 Å². The van der Waals surface area contributed by atoms with Crippen LogP contribution in [0.3, 0.4) is 0 Å². The second-order valence-electron chi connectivity index (χ2n) is 7.32. The highest BCUT2D eigenvalue weighted by Crippen LogP contribution is 2.33. The Kier molecular flexibility index (Phi) is 5.45. The van der Waals surface area contributed by atoms with E-state index in [0.717, 1.165) is 5.56 Å². The summed E-state index contributed by atoms with van der Waals surface area (Å²) < 4.78 is 26.1. The molecule has 0 N–H and O–H groups in total. The van der Waals surface area contributed by atoms with Crippen LogP contribution in [0.2, 0.25) is 5.15 Å². The van der Waals surface area contributed by atoms with E-state index < -0.39 is 12.1 Å². The maximum atomic E-state index is 14.1. The summed E-state index contributed by atoms with van der Waals surface area (Å²) in [7, 11) is 0. The Labute approximate surface area is 182 Å². The van der Waals surface area contributed by atoms with Gasteiger partial charge in [0.2, 0.25) is 0 Å². The predicted molar refractivity (Wildman–Crippen MR) is 116 cm³/mol. The van der Waals surface area contributed by atoms with Gasteiger partial charge in [0, 0.05) is 23.5 Å². The first-order chi connectivity index (χ1) is 14.7. The lowest BCUT2D eigenvalue weighted by atomic mass is 10.0. The van der Waals surface area contributed by atoms with Gasteiger partial charge in [0.25, 0.3) is 5.95 Å². The van der Waals surface area contributed by atoms with Crippen molar-refractivity contribution in [2.75, 3.05) is 0 Å². The number of fused-ring (bicyclic) bond motifs is 1. The molecule has 0 saturated carbocycles. The normalized spacial score (nSPS) is 12.2. The Morgan fingerprint density at radius 3 is 2.52 bits per heavy atom. The summed E-state index contributed by atoms with van der Waals surface area (Å²) in [6, 6.07) is 6.47. The van der Waals surface area contributed by atoms with Crippen LogP contribution in [-0.2, 0) is 0 Å². The van der Waals surface area contributed by atoms with Crippen molar-refractivity contribution >= 4 is 22.6 Å². The van der Waals surface area contributed by atoms with E-state index in [1.807, 2.05) is 13.0 Å². The van der Waals surface area contributed by atoms with E-state index in [1.165, 1.54) is 12.1 Å². The zero-order valence-electron chi connectivity index (χ0n) is 17.4. The number of hydrogen-bond acceptors (Lipinski definition) is 6. The zero-order chi connectivity index (χ0) is 22.3. The van der Waals surface area contributed by atoms with Crippen LogP contribution in [0.1, 0.15) is 35.5 Å². The topological polar surface area (TPSA) is 78.1 Å². The minimum atomic E-state index is -0.814. The number of ether oxygens (including phenoxy) is 1. The molecule has 3 heterocycles. The van der Waals surface area contributed by atoms with E-state index >= 15 is 0 Å². The fraction of sp³-hybridized carbons (Fsp3) is 0.217. The molecule has 1 atom stereocenters. The summed E-state index contributed by atoms with van der Waals surface area (Å²) in [4.78, 5) is 25.1. The molecular formula is C23H19ClFN3O3. The fourth-order valence-electron chi connectivity index (χ4n) is 3.40. The van der Waals surface area contributed by atoms with Gasteiger partial charge in [0.05, 0.1) is 10.9 Å². The Morgan fingerprint density at radius 1 is 1.13 bits per heavy atom. The molecule has 0 aliphatic carbocycles. The van der Waals surface area contributed by atoms with Crippen LogP contribution in [0, 0.1) is 26.7 Å². The van der Waals surface area contributed by atoms with Gasteiger partial charge in [-0.3, -0.25) is 4.79 Å². The minimum Gasteiger partial charge on any atom is -0.481 e. The maximum Gasteiger partial charge on any atom is 0.256 e. The summed E-state index contributed by atoms with van der Waals surface area (Å²) in [6.45, 7) is 7.10. The molecule has 0 saturated heterocycles. The average Bonchev–Trinajstić information content (AvgIpc) is 2.73. The molecule has 158 valence electrons. The highest BCUT2D eigenvalue weighted by molar-refractivity contribution is 6.29. The van der Waals surface area contributed by atoms with Crippen molar-refractivity contribution in [3.63, 3.8) is 0 Å². The van der Waals surface area contributed by atoms with Crippen molar-refractivity contribution in [1.82, 2.24) is 15.0 Å². The van der Waals surface area contributed by atoms with Crippen LogP contribution < -0.4 is 10.2 Å². The lowest BCUT2D eigenvalue weighted by molar-refractivity contribution is 0.213. The summed E-state index contributed by atoms with van der Waals surface area (Å²) in [5.74, 6) is 0.134. The van der Waals surface area contributed by atoms with Crippen molar-refractivity contribution < 1.29 is 13.5 Å². The first-order valence-electron chi connectivity index (χ1n) is 9.60. The molecule has 0 amide bonds. The molecule has 0 bridgehead atoms. The Morgan fingerprint density at radius 2 is 1.84 bits per heavy atom. The van der Waals surface area contributed by atoms with Crippen molar-refractivity contribution in [2.24, 2.45) is 0 Å². The van der Waals surface area contributed by atoms with E-state index in [4.69, 9.17) is 20.8 Å². The van der Waals surface area contributed by atoms with Gasteiger partial charge in [-0.2, -0.15) is 4.39 Å². The van der Waals surface area contributed by atoms with Crippen LogP contribution in [0.15, 0.2) is 45.9 Å². The zero-order valence-corrected chi connectivity index (χ0v) is 18.1. The molecule has 3 aromatic heterocycles. The van der Waals surface area contributed by atoms with E-state index in [-0.39, 0.29) is 16.3 Å². The molecule has 4 rings (SSSR count). The van der Waals surface area contributed by atoms with Gasteiger partial charge in [-0.15, -0.1) is 0 Å². The SMILES string of the molecule is Cc1cc([C@@H](C)Oc2ccc(Cl)nc2F)c2oc(-c3cnc(C)nc3)c(C)c(=O)c2c1. The molecule has 0 aliphatic rings. The Hall–Kier alpha value is -3.32. The maximum absolute atomic E-state index is 14.1. The molecule has 8 heteroatoms. The molecule has 31 heavy (non-hydrogen) atoms. The first kappa shape index (κ1) is 20.9. The molecule has 4 aromatic rings. The van der Waals surface area contributed by atoms with Crippen molar-refractivity contribution in [3.8, 4) is 17.1 Å². The molecule has 0 radical (unpaired) electrons. The number of halogens is 2. The average molecular weight is 440 g/mol. The van der Waals surface area contributed by atoms with Gasteiger partial charge >= 0.3 is 0 Å². The monoisotopic (exact) mass is 439 g/mol. The number of benzene rings is 1. The molecular weight excluding hydrogens is 421 g/mol. The van der Waals surface area contributed by atoms with E-state index in [0.29, 0.717) is 39.2 Å². The van der Waals surface area contributed by atoms with Gasteiger partial charge in [0.15, 0.2) is 11.2 Å². The van der Waals surface area contributed by atoms with E-state index in [2.05, 4.69) is 15.0 Å². The highest BCUT2D eigenvalue weighted by Gasteiger charge is 2.21. The predicted octanol–water partition coefficient (Wildman–Crippen LogP) is 5.50.